The highest BCUT2D eigenvalue weighted by molar-refractivity contribution is 5.48. The fraction of sp³-hybridized carbons (Fsp3) is 0.571. The molecule has 0 spiro atoms. The Kier molecular flexibility index (Phi) is 1.66. The second-order valence-electron chi connectivity index (χ2n) is 5.51. The standard InChI is InChI=1S/C14H19N/c1-10-4-3-5-11(2)12(10)13(6-7-13)14(15)8-9-14/h3-5H,6-9,15H2,1-2H3. The smallest absolute Gasteiger partial charge is 0.0253 e. The van der Waals surface area contributed by atoms with Crippen molar-refractivity contribution in [3.63, 3.8) is 0 Å². The summed E-state index contributed by atoms with van der Waals surface area (Å²) < 4.78 is 0. The average Bonchev–Trinajstić information content (AvgIpc) is 3.02. The van der Waals surface area contributed by atoms with Crippen molar-refractivity contribution in [1.82, 2.24) is 0 Å². The minimum absolute atomic E-state index is 0.143. The lowest BCUT2D eigenvalue weighted by molar-refractivity contribution is 0.499. The lowest BCUT2D eigenvalue weighted by Gasteiger charge is -2.27. The van der Waals surface area contributed by atoms with Gasteiger partial charge in [-0.1, -0.05) is 18.2 Å². The second kappa shape index (κ2) is 2.65. The summed E-state index contributed by atoms with van der Waals surface area (Å²) in [6.45, 7) is 4.46. The average molecular weight is 201 g/mol. The van der Waals surface area contributed by atoms with Crippen LogP contribution in [0.2, 0.25) is 0 Å². The maximum Gasteiger partial charge on any atom is 0.0253 e. The second-order valence-corrected chi connectivity index (χ2v) is 5.51. The molecule has 0 aliphatic heterocycles. The van der Waals surface area contributed by atoms with E-state index >= 15 is 0 Å². The third-order valence-electron chi connectivity index (χ3n) is 4.45. The summed E-state index contributed by atoms with van der Waals surface area (Å²) in [4.78, 5) is 0. The molecule has 0 radical (unpaired) electrons. The van der Waals surface area contributed by atoms with Crippen molar-refractivity contribution in [3.8, 4) is 0 Å². The van der Waals surface area contributed by atoms with Crippen molar-refractivity contribution >= 4 is 0 Å². The molecular weight excluding hydrogens is 182 g/mol. The number of aryl methyl sites for hydroxylation is 2. The summed E-state index contributed by atoms with van der Waals surface area (Å²) in [5.41, 5.74) is 11.4. The van der Waals surface area contributed by atoms with Gasteiger partial charge in [0.15, 0.2) is 0 Å². The third-order valence-corrected chi connectivity index (χ3v) is 4.45. The molecule has 2 aliphatic rings. The van der Waals surface area contributed by atoms with Gasteiger partial charge in [-0.05, 0) is 56.2 Å². The molecule has 0 heterocycles. The topological polar surface area (TPSA) is 26.0 Å². The Morgan fingerprint density at radius 3 is 1.93 bits per heavy atom. The van der Waals surface area contributed by atoms with Gasteiger partial charge in [0.1, 0.15) is 0 Å². The highest BCUT2D eigenvalue weighted by Crippen LogP contribution is 2.64. The van der Waals surface area contributed by atoms with Crippen LogP contribution < -0.4 is 5.73 Å². The fourth-order valence-corrected chi connectivity index (χ4v) is 3.30. The molecule has 0 unspecified atom stereocenters. The zero-order valence-corrected chi connectivity index (χ0v) is 9.64. The molecule has 0 amide bonds. The number of rotatable bonds is 2. The number of benzene rings is 1. The molecule has 2 N–H and O–H groups in total. The van der Waals surface area contributed by atoms with Crippen molar-refractivity contribution in [2.45, 2.75) is 50.5 Å². The molecule has 80 valence electrons. The van der Waals surface area contributed by atoms with Crippen molar-refractivity contribution < 1.29 is 0 Å². The van der Waals surface area contributed by atoms with Crippen LogP contribution in [0.4, 0.5) is 0 Å². The van der Waals surface area contributed by atoms with E-state index in [1.807, 2.05) is 0 Å². The SMILES string of the molecule is Cc1cccc(C)c1C1(C2(N)CC2)CC1. The molecule has 0 bridgehead atoms. The molecule has 2 aliphatic carbocycles. The Morgan fingerprint density at radius 2 is 1.53 bits per heavy atom. The largest absolute Gasteiger partial charge is 0.324 e. The molecule has 1 nitrogen and oxygen atoms in total. The highest BCUT2D eigenvalue weighted by Gasteiger charge is 2.64. The zero-order valence-electron chi connectivity index (χ0n) is 9.64. The van der Waals surface area contributed by atoms with Gasteiger partial charge in [0.25, 0.3) is 0 Å². The van der Waals surface area contributed by atoms with E-state index in [4.69, 9.17) is 5.73 Å². The first-order valence-electron chi connectivity index (χ1n) is 5.95. The van der Waals surface area contributed by atoms with Crippen molar-refractivity contribution in [2.24, 2.45) is 5.73 Å². The molecule has 2 fully saturated rings. The van der Waals surface area contributed by atoms with E-state index in [0.29, 0.717) is 5.41 Å². The molecular formula is C14H19N. The van der Waals surface area contributed by atoms with E-state index < -0.39 is 0 Å². The summed E-state index contributed by atoms with van der Waals surface area (Å²) in [6, 6.07) is 6.61. The Morgan fingerprint density at radius 1 is 1.00 bits per heavy atom. The van der Waals surface area contributed by atoms with Crippen molar-refractivity contribution in [2.75, 3.05) is 0 Å². The van der Waals surface area contributed by atoms with Crippen LogP contribution >= 0.6 is 0 Å². The van der Waals surface area contributed by atoms with Crippen LogP contribution in [-0.2, 0) is 5.41 Å². The van der Waals surface area contributed by atoms with Crippen LogP contribution in [0.15, 0.2) is 18.2 Å². The van der Waals surface area contributed by atoms with Crippen molar-refractivity contribution in [1.29, 1.82) is 0 Å². The highest BCUT2D eigenvalue weighted by atomic mass is 14.9. The van der Waals surface area contributed by atoms with Crippen molar-refractivity contribution in [3.05, 3.63) is 34.9 Å². The normalized spacial score (nSPS) is 25.0. The summed E-state index contributed by atoms with van der Waals surface area (Å²) in [7, 11) is 0. The maximum atomic E-state index is 6.46. The van der Waals surface area contributed by atoms with Gasteiger partial charge >= 0.3 is 0 Å². The van der Waals surface area contributed by atoms with Gasteiger partial charge in [-0.25, -0.2) is 0 Å². The minimum Gasteiger partial charge on any atom is -0.324 e. The summed E-state index contributed by atoms with van der Waals surface area (Å²) in [6.07, 6.45) is 5.05. The van der Waals surface area contributed by atoms with E-state index in [9.17, 15) is 0 Å². The van der Waals surface area contributed by atoms with Gasteiger partial charge in [0.05, 0.1) is 0 Å². The minimum atomic E-state index is 0.143. The van der Waals surface area contributed by atoms with E-state index in [1.54, 1.807) is 5.56 Å². The Bertz CT molecular complexity index is 391. The molecule has 0 aromatic heterocycles. The van der Waals surface area contributed by atoms with Gasteiger partial charge < -0.3 is 5.73 Å². The van der Waals surface area contributed by atoms with E-state index in [2.05, 4.69) is 32.0 Å². The lowest BCUT2D eigenvalue weighted by atomic mass is 9.81. The molecule has 0 saturated heterocycles. The van der Waals surface area contributed by atoms with Crippen LogP contribution in [0.25, 0.3) is 0 Å². The van der Waals surface area contributed by atoms with Crippen LogP contribution in [0.5, 0.6) is 0 Å². The first-order chi connectivity index (χ1) is 7.09. The summed E-state index contributed by atoms with van der Waals surface area (Å²) in [5.74, 6) is 0. The van der Waals surface area contributed by atoms with E-state index in [1.165, 1.54) is 36.8 Å². The predicted molar refractivity (Wildman–Crippen MR) is 63.0 cm³/mol. The molecule has 0 atom stereocenters. The molecule has 1 aromatic rings. The first kappa shape index (κ1) is 9.41. The quantitative estimate of drug-likeness (QED) is 0.782. The van der Waals surface area contributed by atoms with E-state index in [-0.39, 0.29) is 5.54 Å². The van der Waals surface area contributed by atoms with Gasteiger partial charge in [-0.15, -0.1) is 0 Å². The number of hydrogen-bond donors (Lipinski definition) is 1. The molecule has 1 aromatic carbocycles. The summed E-state index contributed by atoms with van der Waals surface area (Å²) >= 11 is 0. The third kappa shape index (κ3) is 1.13. The predicted octanol–water partition coefficient (Wildman–Crippen LogP) is 2.83. The first-order valence-corrected chi connectivity index (χ1v) is 5.95. The molecule has 3 rings (SSSR count). The number of nitrogens with two attached hydrogens (primary N) is 1. The molecule has 1 heteroatoms. The number of hydrogen-bond acceptors (Lipinski definition) is 1. The Balaban J connectivity index is 2.13. The maximum absolute atomic E-state index is 6.46. The zero-order chi connectivity index (χ0) is 10.7. The van der Waals surface area contributed by atoms with Crippen LogP contribution in [0, 0.1) is 13.8 Å². The lowest BCUT2D eigenvalue weighted by Crippen LogP contribution is -2.38. The van der Waals surface area contributed by atoms with Gasteiger partial charge in [0, 0.05) is 11.0 Å². The monoisotopic (exact) mass is 201 g/mol. The van der Waals surface area contributed by atoms with E-state index in [0.717, 1.165) is 0 Å². The summed E-state index contributed by atoms with van der Waals surface area (Å²) in [5, 5.41) is 0. The Labute approximate surface area is 91.7 Å². The van der Waals surface area contributed by atoms with Gasteiger partial charge in [0.2, 0.25) is 0 Å². The van der Waals surface area contributed by atoms with Gasteiger partial charge in [-0.2, -0.15) is 0 Å². The molecule has 2 saturated carbocycles. The molecule has 15 heavy (non-hydrogen) atoms. The van der Waals surface area contributed by atoms with Gasteiger partial charge in [-0.3, -0.25) is 0 Å². The van der Waals surface area contributed by atoms with Crippen LogP contribution in [0.1, 0.15) is 42.4 Å². The van der Waals surface area contributed by atoms with Crippen LogP contribution in [-0.4, -0.2) is 5.54 Å². The fourth-order valence-electron chi connectivity index (χ4n) is 3.30. The van der Waals surface area contributed by atoms with Crippen LogP contribution in [0.3, 0.4) is 0 Å². The Hall–Kier alpha value is -0.820.